The number of hydrogen-bond donors (Lipinski definition) is 1. The van der Waals surface area contributed by atoms with Crippen molar-refractivity contribution in [1.82, 2.24) is 4.98 Å². The molecule has 3 nitrogen and oxygen atoms in total. The van der Waals surface area contributed by atoms with E-state index in [1.54, 1.807) is 11.3 Å². The number of carbonyl (C=O) groups excluding carboxylic acids is 1. The van der Waals surface area contributed by atoms with Crippen LogP contribution < -0.4 is 5.32 Å². The number of thiazole rings is 1. The average molecular weight is 367 g/mol. The molecule has 0 unspecified atom stereocenters. The Labute approximate surface area is 149 Å². The van der Waals surface area contributed by atoms with Crippen molar-refractivity contribution >= 4 is 45.7 Å². The molecule has 0 saturated heterocycles. The SMILES string of the molecule is CC(C)(Sc1ccc(Cl)cc1)C(=O)Nc1nc2c(s1)CCCC2. The van der Waals surface area contributed by atoms with Crippen LogP contribution in [0.25, 0.3) is 0 Å². The molecule has 0 saturated carbocycles. The summed E-state index contributed by atoms with van der Waals surface area (Å²) in [4.78, 5) is 19.6. The molecule has 1 N–H and O–H groups in total. The van der Waals surface area contributed by atoms with Gasteiger partial charge in [0.1, 0.15) is 0 Å². The quantitative estimate of drug-likeness (QED) is 0.757. The molecule has 0 aliphatic heterocycles. The Kier molecular flexibility index (Phi) is 4.99. The lowest BCUT2D eigenvalue weighted by atomic mass is 10.0. The van der Waals surface area contributed by atoms with Crippen molar-refractivity contribution < 1.29 is 4.79 Å². The van der Waals surface area contributed by atoms with Gasteiger partial charge in [-0.05, 0) is 63.8 Å². The van der Waals surface area contributed by atoms with Crippen LogP contribution in [0.4, 0.5) is 5.13 Å². The molecule has 0 fully saturated rings. The smallest absolute Gasteiger partial charge is 0.242 e. The summed E-state index contributed by atoms with van der Waals surface area (Å²) >= 11 is 9.05. The third-order valence-electron chi connectivity index (χ3n) is 3.80. The lowest BCUT2D eigenvalue weighted by Crippen LogP contribution is -2.33. The van der Waals surface area contributed by atoms with Gasteiger partial charge in [0.05, 0.1) is 10.4 Å². The molecule has 0 atom stereocenters. The second kappa shape index (κ2) is 6.83. The van der Waals surface area contributed by atoms with E-state index < -0.39 is 4.75 Å². The molecule has 1 aliphatic rings. The summed E-state index contributed by atoms with van der Waals surface area (Å²) in [6.45, 7) is 3.85. The minimum absolute atomic E-state index is 0.0245. The number of amides is 1. The van der Waals surface area contributed by atoms with Crippen LogP contribution in [0.1, 0.15) is 37.3 Å². The van der Waals surface area contributed by atoms with Gasteiger partial charge in [0.2, 0.25) is 5.91 Å². The summed E-state index contributed by atoms with van der Waals surface area (Å²) in [5.41, 5.74) is 1.17. The summed E-state index contributed by atoms with van der Waals surface area (Å²) in [5.74, 6) is -0.0245. The number of aromatic nitrogens is 1. The fourth-order valence-electron chi connectivity index (χ4n) is 2.50. The van der Waals surface area contributed by atoms with E-state index in [0.717, 1.165) is 22.9 Å². The highest BCUT2D eigenvalue weighted by molar-refractivity contribution is 8.01. The number of nitrogens with zero attached hydrogens (tertiary/aromatic N) is 1. The predicted octanol–water partition coefficient (Wildman–Crippen LogP) is 5.18. The first kappa shape index (κ1) is 16.8. The Balaban J connectivity index is 1.68. The van der Waals surface area contributed by atoms with Gasteiger partial charge in [0.15, 0.2) is 5.13 Å². The molecule has 1 aliphatic carbocycles. The largest absolute Gasteiger partial charge is 0.301 e. The summed E-state index contributed by atoms with van der Waals surface area (Å²) in [6, 6.07) is 7.55. The van der Waals surface area contributed by atoms with Gasteiger partial charge in [-0.2, -0.15) is 0 Å². The second-order valence-corrected chi connectivity index (χ2v) is 9.33. The molecule has 0 spiro atoms. The van der Waals surface area contributed by atoms with E-state index in [9.17, 15) is 4.79 Å². The Morgan fingerprint density at radius 3 is 2.65 bits per heavy atom. The number of carbonyl (C=O) groups is 1. The van der Waals surface area contributed by atoms with Gasteiger partial charge in [0, 0.05) is 14.8 Å². The Morgan fingerprint density at radius 1 is 1.26 bits per heavy atom. The third-order valence-corrected chi connectivity index (χ3v) is 6.33. The zero-order valence-corrected chi connectivity index (χ0v) is 15.6. The second-order valence-electron chi connectivity index (χ2n) is 6.12. The lowest BCUT2D eigenvalue weighted by molar-refractivity contribution is -0.117. The standard InChI is InChI=1S/C17H19ClN2OS2/c1-17(2,23-12-9-7-11(18)8-10-12)15(21)20-16-19-13-5-3-4-6-14(13)22-16/h7-10H,3-6H2,1-2H3,(H,19,20,21). The summed E-state index contributed by atoms with van der Waals surface area (Å²) < 4.78 is -0.583. The topological polar surface area (TPSA) is 42.0 Å². The maximum absolute atomic E-state index is 12.6. The lowest BCUT2D eigenvalue weighted by Gasteiger charge is -2.22. The van der Waals surface area contributed by atoms with Crippen LogP contribution in [0.3, 0.4) is 0 Å². The monoisotopic (exact) mass is 366 g/mol. The summed E-state index contributed by atoms with van der Waals surface area (Å²) in [5, 5.41) is 4.42. The molecule has 1 heterocycles. The molecule has 23 heavy (non-hydrogen) atoms. The van der Waals surface area contributed by atoms with Crippen LogP contribution in [0.15, 0.2) is 29.2 Å². The first-order valence-electron chi connectivity index (χ1n) is 7.69. The van der Waals surface area contributed by atoms with Crippen molar-refractivity contribution in [1.29, 1.82) is 0 Å². The van der Waals surface area contributed by atoms with Crippen molar-refractivity contribution in [2.24, 2.45) is 0 Å². The summed E-state index contributed by atoms with van der Waals surface area (Å²) in [6.07, 6.45) is 4.54. The molecule has 122 valence electrons. The normalized spacial score (nSPS) is 14.4. The summed E-state index contributed by atoms with van der Waals surface area (Å²) in [7, 11) is 0. The van der Waals surface area contributed by atoms with Crippen LogP contribution in [-0.2, 0) is 17.6 Å². The molecule has 0 bridgehead atoms. The number of rotatable bonds is 4. The van der Waals surface area contributed by atoms with E-state index in [0.29, 0.717) is 5.02 Å². The average Bonchev–Trinajstić information content (AvgIpc) is 2.91. The number of halogens is 1. The van der Waals surface area contributed by atoms with Gasteiger partial charge in [-0.15, -0.1) is 23.1 Å². The van der Waals surface area contributed by atoms with Crippen LogP contribution >= 0.6 is 34.7 Å². The first-order chi connectivity index (χ1) is 10.9. The van der Waals surface area contributed by atoms with Crippen LogP contribution in [-0.4, -0.2) is 15.6 Å². The molecule has 6 heteroatoms. The predicted molar refractivity (Wildman–Crippen MR) is 98.8 cm³/mol. The molecule has 0 radical (unpaired) electrons. The number of aryl methyl sites for hydroxylation is 2. The van der Waals surface area contributed by atoms with Gasteiger partial charge >= 0.3 is 0 Å². The number of benzene rings is 1. The molecule has 3 rings (SSSR count). The van der Waals surface area contributed by atoms with E-state index in [-0.39, 0.29) is 5.91 Å². The molecule has 1 aromatic heterocycles. The fourth-order valence-corrected chi connectivity index (χ4v) is 4.67. The van der Waals surface area contributed by atoms with Gasteiger partial charge in [0.25, 0.3) is 0 Å². The van der Waals surface area contributed by atoms with E-state index in [1.165, 1.54) is 35.2 Å². The van der Waals surface area contributed by atoms with E-state index in [1.807, 2.05) is 38.1 Å². The number of fused-ring (bicyclic) bond motifs is 1. The Hall–Kier alpha value is -1.04. The van der Waals surface area contributed by atoms with Crippen LogP contribution in [0.2, 0.25) is 5.02 Å². The number of nitrogens with one attached hydrogen (secondary N) is 1. The van der Waals surface area contributed by atoms with Gasteiger partial charge < -0.3 is 5.32 Å². The highest BCUT2D eigenvalue weighted by atomic mass is 35.5. The molecule has 1 aromatic carbocycles. The van der Waals surface area contributed by atoms with Crippen molar-refractivity contribution in [3.8, 4) is 0 Å². The molecular weight excluding hydrogens is 348 g/mol. The zero-order chi connectivity index (χ0) is 16.4. The third kappa shape index (κ3) is 4.08. The maximum atomic E-state index is 12.6. The Morgan fingerprint density at radius 2 is 1.96 bits per heavy atom. The van der Waals surface area contributed by atoms with Crippen molar-refractivity contribution in [2.75, 3.05) is 5.32 Å². The van der Waals surface area contributed by atoms with E-state index >= 15 is 0 Å². The van der Waals surface area contributed by atoms with Gasteiger partial charge in [-0.25, -0.2) is 4.98 Å². The van der Waals surface area contributed by atoms with Crippen LogP contribution in [0, 0.1) is 0 Å². The highest BCUT2D eigenvalue weighted by Gasteiger charge is 2.30. The maximum Gasteiger partial charge on any atom is 0.242 e. The number of anilines is 1. The van der Waals surface area contributed by atoms with Crippen LogP contribution in [0.5, 0.6) is 0 Å². The molecule has 2 aromatic rings. The van der Waals surface area contributed by atoms with Crippen molar-refractivity contribution in [3.05, 3.63) is 39.9 Å². The van der Waals surface area contributed by atoms with E-state index in [4.69, 9.17) is 11.6 Å². The van der Waals surface area contributed by atoms with Crippen molar-refractivity contribution in [2.45, 2.75) is 49.2 Å². The van der Waals surface area contributed by atoms with Gasteiger partial charge in [-0.3, -0.25) is 4.79 Å². The number of hydrogen-bond acceptors (Lipinski definition) is 4. The van der Waals surface area contributed by atoms with Crippen molar-refractivity contribution in [3.63, 3.8) is 0 Å². The fraction of sp³-hybridized carbons (Fsp3) is 0.412. The zero-order valence-electron chi connectivity index (χ0n) is 13.2. The van der Waals surface area contributed by atoms with Gasteiger partial charge in [-0.1, -0.05) is 11.6 Å². The first-order valence-corrected chi connectivity index (χ1v) is 9.70. The molecule has 1 amide bonds. The Bertz CT molecular complexity index is 686. The number of thioether (sulfide) groups is 1. The minimum atomic E-state index is -0.583. The minimum Gasteiger partial charge on any atom is -0.301 e. The van der Waals surface area contributed by atoms with E-state index in [2.05, 4.69) is 10.3 Å². The highest BCUT2D eigenvalue weighted by Crippen LogP contribution is 2.35. The molecular formula is C17H19ClN2OS2.